The highest BCUT2D eigenvalue weighted by molar-refractivity contribution is 5.78. The number of aliphatic hydroxyl groups excluding tert-OH is 1. The maximum absolute atomic E-state index is 11.5. The van der Waals surface area contributed by atoms with Gasteiger partial charge >= 0.3 is 0 Å². The van der Waals surface area contributed by atoms with E-state index in [9.17, 15) is 4.79 Å². The van der Waals surface area contributed by atoms with E-state index < -0.39 is 0 Å². The second-order valence-corrected chi connectivity index (χ2v) is 4.19. The largest absolute Gasteiger partial charge is 0.396 e. The van der Waals surface area contributed by atoms with Crippen molar-refractivity contribution in [1.82, 2.24) is 5.32 Å². The van der Waals surface area contributed by atoms with Gasteiger partial charge in [-0.15, -0.1) is 0 Å². The first kappa shape index (κ1) is 14.4. The van der Waals surface area contributed by atoms with E-state index in [0.29, 0.717) is 19.0 Å². The van der Waals surface area contributed by atoms with Gasteiger partial charge in [0.05, 0.1) is 0 Å². The van der Waals surface area contributed by atoms with Gasteiger partial charge in [-0.05, 0) is 31.7 Å². The first-order valence-electron chi connectivity index (χ1n) is 5.70. The summed E-state index contributed by atoms with van der Waals surface area (Å²) in [6, 6.07) is 0. The Balaban J connectivity index is 3.63. The van der Waals surface area contributed by atoms with Crippen molar-refractivity contribution >= 4 is 5.91 Å². The highest BCUT2D eigenvalue weighted by Gasteiger charge is 2.12. The lowest BCUT2D eigenvalue weighted by Gasteiger charge is -2.14. The van der Waals surface area contributed by atoms with Crippen molar-refractivity contribution in [3.8, 4) is 0 Å². The molecule has 0 aliphatic rings. The third-order valence-electron chi connectivity index (χ3n) is 2.54. The van der Waals surface area contributed by atoms with E-state index in [4.69, 9.17) is 10.8 Å². The minimum Gasteiger partial charge on any atom is -0.396 e. The van der Waals surface area contributed by atoms with Crippen molar-refractivity contribution in [3.05, 3.63) is 0 Å². The van der Waals surface area contributed by atoms with Gasteiger partial charge in [-0.25, -0.2) is 0 Å². The summed E-state index contributed by atoms with van der Waals surface area (Å²) in [5, 5.41) is 11.6. The molecule has 0 radical (unpaired) electrons. The van der Waals surface area contributed by atoms with Crippen molar-refractivity contribution in [1.29, 1.82) is 0 Å². The number of carbonyl (C=O) groups excluding carboxylic acids is 1. The second kappa shape index (κ2) is 8.68. The third-order valence-corrected chi connectivity index (χ3v) is 2.54. The van der Waals surface area contributed by atoms with Crippen LogP contribution in [0.5, 0.6) is 0 Å². The Morgan fingerprint density at radius 3 is 2.60 bits per heavy atom. The summed E-state index contributed by atoms with van der Waals surface area (Å²) in [6.07, 6.45) is 2.47. The zero-order chi connectivity index (χ0) is 11.7. The van der Waals surface area contributed by atoms with Crippen LogP contribution in [0.2, 0.25) is 0 Å². The lowest BCUT2D eigenvalue weighted by atomic mass is 10.0. The van der Waals surface area contributed by atoms with Gasteiger partial charge in [0.15, 0.2) is 0 Å². The van der Waals surface area contributed by atoms with Gasteiger partial charge < -0.3 is 16.2 Å². The number of rotatable bonds is 8. The Morgan fingerprint density at radius 1 is 1.40 bits per heavy atom. The normalized spacial score (nSPS) is 14.7. The predicted molar refractivity (Wildman–Crippen MR) is 61.3 cm³/mol. The van der Waals surface area contributed by atoms with Crippen molar-refractivity contribution in [2.75, 3.05) is 19.7 Å². The van der Waals surface area contributed by atoms with Gasteiger partial charge in [-0.3, -0.25) is 4.79 Å². The van der Waals surface area contributed by atoms with Crippen molar-refractivity contribution in [2.24, 2.45) is 17.6 Å². The van der Waals surface area contributed by atoms with Crippen LogP contribution in [0.4, 0.5) is 0 Å². The van der Waals surface area contributed by atoms with E-state index in [1.165, 1.54) is 0 Å². The van der Waals surface area contributed by atoms with Crippen LogP contribution >= 0.6 is 0 Å². The second-order valence-electron chi connectivity index (χ2n) is 4.19. The highest BCUT2D eigenvalue weighted by atomic mass is 16.3. The molecule has 0 spiro atoms. The maximum atomic E-state index is 11.5. The van der Waals surface area contributed by atoms with Gasteiger partial charge in [0.1, 0.15) is 0 Å². The number of hydrogen-bond donors (Lipinski definition) is 3. The molecule has 0 fully saturated rings. The molecule has 0 rings (SSSR count). The van der Waals surface area contributed by atoms with Crippen LogP contribution in [0.1, 0.15) is 33.1 Å². The van der Waals surface area contributed by atoms with Gasteiger partial charge in [0.2, 0.25) is 5.91 Å². The summed E-state index contributed by atoms with van der Waals surface area (Å²) in [4.78, 5) is 11.5. The molecule has 4 nitrogen and oxygen atoms in total. The molecule has 0 heterocycles. The smallest absolute Gasteiger partial charge is 0.222 e. The summed E-state index contributed by atoms with van der Waals surface area (Å²) in [7, 11) is 0. The first-order valence-corrected chi connectivity index (χ1v) is 5.70. The minimum atomic E-state index is 0.0369. The van der Waals surface area contributed by atoms with Gasteiger partial charge in [-0.2, -0.15) is 0 Å². The first-order chi connectivity index (χ1) is 7.11. The van der Waals surface area contributed by atoms with E-state index in [-0.39, 0.29) is 18.4 Å². The van der Waals surface area contributed by atoms with Crippen LogP contribution in [-0.4, -0.2) is 30.7 Å². The Morgan fingerprint density at radius 2 is 2.07 bits per heavy atom. The van der Waals surface area contributed by atoms with Crippen molar-refractivity contribution in [2.45, 2.75) is 33.1 Å². The molecule has 4 heteroatoms. The number of carbonyl (C=O) groups is 1. The molecule has 0 aromatic carbocycles. The zero-order valence-electron chi connectivity index (χ0n) is 9.83. The molecule has 2 atom stereocenters. The van der Waals surface area contributed by atoms with E-state index in [0.717, 1.165) is 19.3 Å². The summed E-state index contributed by atoms with van der Waals surface area (Å²) >= 11 is 0. The topological polar surface area (TPSA) is 75.3 Å². The molecule has 1 amide bonds. The molecule has 0 aliphatic carbocycles. The van der Waals surface area contributed by atoms with Crippen LogP contribution in [-0.2, 0) is 4.79 Å². The number of nitrogens with one attached hydrogen (secondary N) is 1. The average Bonchev–Trinajstić information content (AvgIpc) is 2.22. The molecule has 15 heavy (non-hydrogen) atoms. The Bertz CT molecular complexity index is 174. The fourth-order valence-electron chi connectivity index (χ4n) is 1.33. The fourth-order valence-corrected chi connectivity index (χ4v) is 1.33. The van der Waals surface area contributed by atoms with E-state index in [1.807, 2.05) is 13.8 Å². The van der Waals surface area contributed by atoms with Crippen LogP contribution < -0.4 is 11.1 Å². The van der Waals surface area contributed by atoms with Crippen LogP contribution in [0, 0.1) is 11.8 Å². The zero-order valence-corrected chi connectivity index (χ0v) is 9.83. The molecule has 2 unspecified atom stereocenters. The van der Waals surface area contributed by atoms with Crippen LogP contribution in [0.25, 0.3) is 0 Å². The van der Waals surface area contributed by atoms with Gasteiger partial charge in [-0.1, -0.05) is 13.8 Å². The predicted octanol–water partition coefficient (Wildman–Crippen LogP) is 0.496. The van der Waals surface area contributed by atoms with Gasteiger partial charge in [0.25, 0.3) is 0 Å². The van der Waals surface area contributed by atoms with Crippen LogP contribution in [0.3, 0.4) is 0 Å². The average molecular weight is 216 g/mol. The molecule has 0 aliphatic heterocycles. The fraction of sp³-hybridized carbons (Fsp3) is 0.909. The minimum absolute atomic E-state index is 0.0369. The standard InChI is InChI=1S/C11H24N2O2/c1-9(5-7-14)8-13-11(15)10(2)4-3-6-12/h9-10,14H,3-8,12H2,1-2H3,(H,13,15). The molecular formula is C11H24N2O2. The SMILES string of the molecule is CC(CCO)CNC(=O)C(C)CCCN. The summed E-state index contributed by atoms with van der Waals surface area (Å²) in [5.74, 6) is 0.462. The van der Waals surface area contributed by atoms with E-state index in [2.05, 4.69) is 5.32 Å². The molecule has 0 aromatic rings. The molecule has 4 N–H and O–H groups in total. The lowest BCUT2D eigenvalue weighted by molar-refractivity contribution is -0.124. The number of nitrogens with two attached hydrogens (primary N) is 1. The third kappa shape index (κ3) is 7.33. The molecule has 0 saturated heterocycles. The molecule has 0 aromatic heterocycles. The molecular weight excluding hydrogens is 192 g/mol. The molecule has 0 saturated carbocycles. The summed E-state index contributed by atoms with van der Waals surface area (Å²) < 4.78 is 0. The highest BCUT2D eigenvalue weighted by Crippen LogP contribution is 2.05. The monoisotopic (exact) mass is 216 g/mol. The van der Waals surface area contributed by atoms with Gasteiger partial charge in [0, 0.05) is 19.1 Å². The maximum Gasteiger partial charge on any atom is 0.222 e. The number of hydrogen-bond acceptors (Lipinski definition) is 3. The van der Waals surface area contributed by atoms with E-state index >= 15 is 0 Å². The molecule has 0 bridgehead atoms. The quantitative estimate of drug-likeness (QED) is 0.553. The summed E-state index contributed by atoms with van der Waals surface area (Å²) in [6.45, 7) is 5.40. The summed E-state index contributed by atoms with van der Waals surface area (Å²) in [5.41, 5.74) is 5.38. The number of aliphatic hydroxyl groups is 1. The van der Waals surface area contributed by atoms with Crippen molar-refractivity contribution < 1.29 is 9.90 Å². The number of amides is 1. The Hall–Kier alpha value is -0.610. The van der Waals surface area contributed by atoms with E-state index in [1.54, 1.807) is 0 Å². The lowest BCUT2D eigenvalue weighted by Crippen LogP contribution is -2.33. The Kier molecular flexibility index (Phi) is 8.33. The molecule has 90 valence electrons. The van der Waals surface area contributed by atoms with Crippen LogP contribution in [0.15, 0.2) is 0 Å². The Labute approximate surface area is 92.2 Å². The van der Waals surface area contributed by atoms with Crippen molar-refractivity contribution in [3.63, 3.8) is 0 Å².